The van der Waals surface area contributed by atoms with Gasteiger partial charge in [0.25, 0.3) is 0 Å². The first-order valence-electron chi connectivity index (χ1n) is 15.0. The topological polar surface area (TPSA) is 38.8 Å². The molecule has 1 saturated heterocycles. The average molecular weight is 558 g/mol. The Kier molecular flexibility index (Phi) is 8.40. The number of hydrogen-bond donors (Lipinski definition) is 0. The summed E-state index contributed by atoms with van der Waals surface area (Å²) in [5.74, 6) is -1.74. The number of carbonyl (C=O) groups is 1. The predicted molar refractivity (Wildman–Crippen MR) is 150 cm³/mol. The van der Waals surface area contributed by atoms with Crippen LogP contribution < -0.4 is 9.47 Å². The van der Waals surface area contributed by atoms with Gasteiger partial charge in [0.1, 0.15) is 5.82 Å². The van der Waals surface area contributed by atoms with Crippen molar-refractivity contribution >= 4 is 5.91 Å². The van der Waals surface area contributed by atoms with Crippen LogP contribution in [0.25, 0.3) is 0 Å². The molecule has 2 heterocycles. The summed E-state index contributed by atoms with van der Waals surface area (Å²) in [6.45, 7) is 5.21. The van der Waals surface area contributed by atoms with Crippen LogP contribution in [0.1, 0.15) is 88.7 Å². The molecule has 3 aliphatic rings. The van der Waals surface area contributed by atoms with Gasteiger partial charge in [0.05, 0.1) is 13.7 Å². The van der Waals surface area contributed by atoms with E-state index in [9.17, 15) is 18.0 Å². The van der Waals surface area contributed by atoms with Crippen molar-refractivity contribution in [2.24, 2.45) is 11.8 Å². The number of benzene rings is 2. The minimum absolute atomic E-state index is 0.0182. The van der Waals surface area contributed by atoms with Gasteiger partial charge in [-0.15, -0.1) is 0 Å². The number of methoxy groups -OCH3 is 1. The lowest BCUT2D eigenvalue weighted by molar-refractivity contribution is -0.146. The number of rotatable bonds is 7. The van der Waals surface area contributed by atoms with Gasteiger partial charge in [-0.25, -0.2) is 13.2 Å². The minimum Gasteiger partial charge on any atom is -0.493 e. The summed E-state index contributed by atoms with van der Waals surface area (Å²) < 4.78 is 54.8. The number of amides is 1. The normalized spacial score (nSPS) is 27.4. The summed E-state index contributed by atoms with van der Waals surface area (Å²) in [5, 5.41) is 0. The van der Waals surface area contributed by atoms with Gasteiger partial charge in [-0.05, 0) is 74.5 Å². The van der Waals surface area contributed by atoms with Crippen LogP contribution in [-0.2, 0) is 10.2 Å². The molecule has 2 aromatic rings. The van der Waals surface area contributed by atoms with Crippen molar-refractivity contribution in [1.82, 2.24) is 4.90 Å². The Morgan fingerprint density at radius 3 is 2.50 bits per heavy atom. The van der Waals surface area contributed by atoms with Crippen molar-refractivity contribution in [3.05, 3.63) is 59.4 Å². The van der Waals surface area contributed by atoms with E-state index in [1.54, 1.807) is 13.2 Å². The maximum Gasteiger partial charge on any atom is 0.248 e. The molecule has 1 amide bonds. The van der Waals surface area contributed by atoms with E-state index in [4.69, 9.17) is 9.47 Å². The molecule has 40 heavy (non-hydrogen) atoms. The lowest BCUT2D eigenvalue weighted by atomic mass is 9.63. The number of carbonyl (C=O) groups excluding carboxylic acids is 1. The molecule has 0 bridgehead atoms. The van der Waals surface area contributed by atoms with E-state index in [2.05, 4.69) is 19.9 Å². The van der Waals surface area contributed by atoms with Gasteiger partial charge in [0.15, 0.2) is 11.5 Å². The van der Waals surface area contributed by atoms with Crippen LogP contribution in [0.15, 0.2) is 42.5 Å². The second kappa shape index (κ2) is 11.7. The Bertz CT molecular complexity index is 1190. The predicted octanol–water partition coefficient (Wildman–Crippen LogP) is 7.89. The van der Waals surface area contributed by atoms with Crippen molar-refractivity contribution in [2.75, 3.05) is 20.3 Å². The van der Waals surface area contributed by atoms with E-state index in [1.807, 2.05) is 29.2 Å². The molecule has 0 unspecified atom stereocenters. The van der Waals surface area contributed by atoms with E-state index in [0.29, 0.717) is 62.3 Å². The number of hydrogen-bond acceptors (Lipinski definition) is 3. The summed E-state index contributed by atoms with van der Waals surface area (Å²) in [7, 11) is 1.63. The summed E-state index contributed by atoms with van der Waals surface area (Å²) in [6.07, 6.45) is 3.88. The molecule has 0 aromatic heterocycles. The molecular formula is C33H42F3NO3. The quantitative estimate of drug-likeness (QED) is 0.348. The zero-order chi connectivity index (χ0) is 28.5. The van der Waals surface area contributed by atoms with Gasteiger partial charge in [0, 0.05) is 42.3 Å². The van der Waals surface area contributed by atoms with Gasteiger partial charge in [-0.1, -0.05) is 44.2 Å². The molecule has 2 fully saturated rings. The highest BCUT2D eigenvalue weighted by Gasteiger charge is 2.50. The Morgan fingerprint density at radius 2 is 1.82 bits per heavy atom. The molecule has 2 aliphatic heterocycles. The summed E-state index contributed by atoms with van der Waals surface area (Å²) >= 11 is 0. The van der Waals surface area contributed by atoms with Crippen LogP contribution in [0.2, 0.25) is 0 Å². The second-order valence-corrected chi connectivity index (χ2v) is 11.9. The Morgan fingerprint density at radius 1 is 1.07 bits per heavy atom. The van der Waals surface area contributed by atoms with Crippen molar-refractivity contribution in [2.45, 2.75) is 94.9 Å². The molecule has 218 valence electrons. The first-order valence-corrected chi connectivity index (χ1v) is 15.0. The maximum absolute atomic E-state index is 14.8. The average Bonchev–Trinajstić information content (AvgIpc) is 2.97. The third-order valence-corrected chi connectivity index (χ3v) is 10.1. The second-order valence-electron chi connectivity index (χ2n) is 11.9. The summed E-state index contributed by atoms with van der Waals surface area (Å²) in [6, 6.07) is 12.6. The molecule has 0 radical (unpaired) electrons. The fourth-order valence-corrected chi connectivity index (χ4v) is 7.92. The molecule has 1 saturated carbocycles. The molecule has 7 heteroatoms. The number of para-hydroxylation sites is 1. The van der Waals surface area contributed by atoms with Crippen LogP contribution in [0.5, 0.6) is 11.5 Å². The van der Waals surface area contributed by atoms with Crippen molar-refractivity contribution in [3.63, 3.8) is 0 Å². The third-order valence-electron chi connectivity index (χ3n) is 10.1. The van der Waals surface area contributed by atoms with Gasteiger partial charge < -0.3 is 14.4 Å². The van der Waals surface area contributed by atoms with Gasteiger partial charge in [-0.2, -0.15) is 0 Å². The van der Waals surface area contributed by atoms with Gasteiger partial charge in [0.2, 0.25) is 11.8 Å². The first kappa shape index (κ1) is 28.8. The number of alkyl halides is 2. The number of fused-ring (bicyclic) bond motifs is 1. The smallest absolute Gasteiger partial charge is 0.248 e. The van der Waals surface area contributed by atoms with E-state index in [1.165, 1.54) is 6.07 Å². The molecule has 0 N–H and O–H groups in total. The lowest BCUT2D eigenvalue weighted by Gasteiger charge is -2.50. The van der Waals surface area contributed by atoms with Crippen molar-refractivity contribution < 1.29 is 27.4 Å². The zero-order valence-corrected chi connectivity index (χ0v) is 23.9. The van der Waals surface area contributed by atoms with Crippen LogP contribution in [0.4, 0.5) is 13.2 Å². The highest BCUT2D eigenvalue weighted by molar-refractivity contribution is 5.82. The SMILES string of the molecule is CC[C@@H](C(=O)N1CC[C@@H](c2ccccc2F)C[C@H]1C1CCC(F)(F)CC1)[C@]1(CC)CCOc2c(OC)cccc21. The molecule has 4 atom stereocenters. The monoisotopic (exact) mass is 557 g/mol. The summed E-state index contributed by atoms with van der Waals surface area (Å²) in [5.41, 5.74) is 1.26. The lowest BCUT2D eigenvalue weighted by Crippen LogP contribution is -2.55. The standard InChI is InChI=1S/C33H42F3NO3/c1-4-25(32(5-2)18-20-40-30-26(32)10-8-12-29(30)39-3)31(38)37-19-15-23(24-9-6-7-11-27(24)34)21-28(37)22-13-16-33(35,36)17-14-22/h6-12,22-23,25,28H,4-5,13-21H2,1-3H3/t23-,25+,28+,32+/m1/s1. The van der Waals surface area contributed by atoms with E-state index >= 15 is 0 Å². The fourth-order valence-electron chi connectivity index (χ4n) is 7.92. The van der Waals surface area contributed by atoms with E-state index < -0.39 is 11.3 Å². The Labute approximate surface area is 236 Å². The van der Waals surface area contributed by atoms with Crippen LogP contribution in [-0.4, -0.2) is 43.0 Å². The number of nitrogens with zero attached hydrogens (tertiary/aromatic N) is 1. The highest BCUT2D eigenvalue weighted by Crippen LogP contribution is 2.52. The molecular weight excluding hydrogens is 515 g/mol. The van der Waals surface area contributed by atoms with E-state index in [0.717, 1.165) is 18.4 Å². The van der Waals surface area contributed by atoms with Crippen LogP contribution in [0.3, 0.4) is 0 Å². The largest absolute Gasteiger partial charge is 0.493 e. The Hall–Kier alpha value is -2.70. The van der Waals surface area contributed by atoms with Gasteiger partial charge in [-0.3, -0.25) is 4.79 Å². The van der Waals surface area contributed by atoms with Crippen LogP contribution in [0, 0.1) is 17.7 Å². The maximum atomic E-state index is 14.8. The number of piperidine rings is 1. The summed E-state index contributed by atoms with van der Waals surface area (Å²) in [4.78, 5) is 16.7. The number of likely N-dealkylation sites (tertiary alicyclic amines) is 1. The highest BCUT2D eigenvalue weighted by atomic mass is 19.3. The van der Waals surface area contributed by atoms with Crippen molar-refractivity contribution in [1.29, 1.82) is 0 Å². The van der Waals surface area contributed by atoms with Crippen LogP contribution >= 0.6 is 0 Å². The molecule has 0 spiro atoms. The van der Waals surface area contributed by atoms with Gasteiger partial charge >= 0.3 is 0 Å². The van der Waals surface area contributed by atoms with E-state index in [-0.39, 0.29) is 48.4 Å². The molecule has 4 nitrogen and oxygen atoms in total. The molecule has 5 rings (SSSR count). The Balaban J connectivity index is 1.49. The molecule has 2 aromatic carbocycles. The number of ether oxygens (including phenoxy) is 2. The molecule has 1 aliphatic carbocycles. The third kappa shape index (κ3) is 5.21. The number of halogens is 3. The minimum atomic E-state index is -2.64. The first-order chi connectivity index (χ1) is 19.2. The fraction of sp³-hybridized carbons (Fsp3) is 0.606. The zero-order valence-electron chi connectivity index (χ0n) is 23.9. The van der Waals surface area contributed by atoms with Crippen molar-refractivity contribution in [3.8, 4) is 11.5 Å².